The minimum Gasteiger partial charge on any atom is -0.475 e. The Kier molecular flexibility index (Phi) is 7.48. The van der Waals surface area contributed by atoms with Crippen LogP contribution in [0.3, 0.4) is 0 Å². The normalized spacial score (nSPS) is 15.6. The number of nitriles is 1. The molecule has 0 radical (unpaired) electrons. The summed E-state index contributed by atoms with van der Waals surface area (Å²) in [5, 5.41) is 9.33. The van der Waals surface area contributed by atoms with Gasteiger partial charge < -0.3 is 14.4 Å². The standard InChI is InChI=1S/C30H32N6O3/c1-20-7-10-24(16-25(20)35(3)30(37)38-4)27-26(23-11-8-21(17-31)9-12-23)33-29(28-32-13-15-36(27)28)39-19-22-6-5-14-34(2)18-22/h7-13,15-16,22H,5-6,14,18-19H2,1-4H3/t22-/m1/s1. The smallest absolute Gasteiger partial charge is 0.413 e. The van der Waals surface area contributed by atoms with E-state index < -0.39 is 6.09 Å². The van der Waals surface area contributed by atoms with Crippen molar-refractivity contribution in [3.63, 3.8) is 0 Å². The number of imidazole rings is 1. The molecule has 200 valence electrons. The number of hydrogen-bond donors (Lipinski definition) is 0. The number of fused-ring (bicyclic) bond motifs is 1. The number of methoxy groups -OCH3 is 1. The SMILES string of the molecule is COC(=O)N(C)c1cc(-c2c(-c3ccc(C#N)cc3)nc(OC[C@@H]3CCCN(C)C3)c3nccn23)ccc1C. The molecule has 0 spiro atoms. The van der Waals surface area contributed by atoms with Crippen LogP contribution in [0.2, 0.25) is 0 Å². The average molecular weight is 525 g/mol. The number of aryl methyl sites for hydroxylation is 1. The van der Waals surface area contributed by atoms with E-state index in [4.69, 9.17) is 14.5 Å². The summed E-state index contributed by atoms with van der Waals surface area (Å²) < 4.78 is 13.3. The van der Waals surface area contributed by atoms with Gasteiger partial charge in [-0.3, -0.25) is 9.30 Å². The van der Waals surface area contributed by atoms with E-state index in [-0.39, 0.29) is 0 Å². The van der Waals surface area contributed by atoms with Crippen LogP contribution in [0.1, 0.15) is 24.0 Å². The molecule has 0 aliphatic carbocycles. The molecule has 0 unspecified atom stereocenters. The van der Waals surface area contributed by atoms with Gasteiger partial charge in [-0.2, -0.15) is 5.26 Å². The summed E-state index contributed by atoms with van der Waals surface area (Å²) in [6, 6.07) is 15.5. The summed E-state index contributed by atoms with van der Waals surface area (Å²) >= 11 is 0. The third-order valence-electron chi connectivity index (χ3n) is 7.27. The highest BCUT2D eigenvalue weighted by molar-refractivity contribution is 5.90. The van der Waals surface area contributed by atoms with E-state index in [9.17, 15) is 10.1 Å². The zero-order valence-corrected chi connectivity index (χ0v) is 22.7. The fraction of sp³-hybridized carbons (Fsp3) is 0.333. The third kappa shape index (κ3) is 5.29. The average Bonchev–Trinajstić information content (AvgIpc) is 3.45. The Balaban J connectivity index is 1.65. The lowest BCUT2D eigenvalue weighted by Gasteiger charge is -2.29. The predicted octanol–water partition coefficient (Wildman–Crippen LogP) is 5.17. The van der Waals surface area contributed by atoms with Gasteiger partial charge in [-0.25, -0.2) is 14.8 Å². The molecular formula is C30H32N6O3. The van der Waals surface area contributed by atoms with Crippen molar-refractivity contribution in [2.24, 2.45) is 5.92 Å². The predicted molar refractivity (Wildman–Crippen MR) is 150 cm³/mol. The summed E-state index contributed by atoms with van der Waals surface area (Å²) in [6.07, 6.45) is 5.45. The number of piperidine rings is 1. The van der Waals surface area contributed by atoms with Crippen molar-refractivity contribution >= 4 is 17.4 Å². The van der Waals surface area contributed by atoms with Crippen LogP contribution in [0.15, 0.2) is 54.9 Å². The molecule has 0 saturated carbocycles. The Bertz CT molecular complexity index is 1540. The Morgan fingerprint density at radius 1 is 1.21 bits per heavy atom. The van der Waals surface area contributed by atoms with Gasteiger partial charge in [0.05, 0.1) is 42.4 Å². The van der Waals surface area contributed by atoms with Crippen molar-refractivity contribution in [3.05, 3.63) is 66.0 Å². The molecule has 1 atom stereocenters. The van der Waals surface area contributed by atoms with E-state index >= 15 is 0 Å². The number of likely N-dealkylation sites (tertiary alicyclic amines) is 1. The molecule has 1 fully saturated rings. The maximum absolute atomic E-state index is 12.3. The summed E-state index contributed by atoms with van der Waals surface area (Å²) in [4.78, 5) is 25.8. The van der Waals surface area contributed by atoms with Crippen molar-refractivity contribution in [2.45, 2.75) is 19.8 Å². The number of amides is 1. The van der Waals surface area contributed by atoms with Crippen LogP contribution >= 0.6 is 0 Å². The lowest BCUT2D eigenvalue weighted by atomic mass is 9.99. The Hall–Kier alpha value is -4.42. The number of nitrogens with zero attached hydrogens (tertiary/aromatic N) is 6. The summed E-state index contributed by atoms with van der Waals surface area (Å²) in [6.45, 7) is 4.61. The molecule has 0 N–H and O–H groups in total. The maximum Gasteiger partial charge on any atom is 0.413 e. The number of carbonyl (C=O) groups excluding carboxylic acids is 1. The minimum absolute atomic E-state index is 0.423. The first kappa shape index (κ1) is 26.2. The van der Waals surface area contributed by atoms with E-state index in [0.29, 0.717) is 35.3 Å². The number of rotatable bonds is 6. The van der Waals surface area contributed by atoms with Crippen molar-refractivity contribution in [1.82, 2.24) is 19.3 Å². The van der Waals surface area contributed by atoms with Crippen LogP contribution in [0.4, 0.5) is 10.5 Å². The van der Waals surface area contributed by atoms with E-state index in [1.807, 2.05) is 47.9 Å². The van der Waals surface area contributed by atoms with Gasteiger partial charge in [0, 0.05) is 43.0 Å². The number of carbonyl (C=O) groups is 1. The Labute approximate surface area is 228 Å². The van der Waals surface area contributed by atoms with E-state index in [1.165, 1.54) is 12.0 Å². The summed E-state index contributed by atoms with van der Waals surface area (Å²) in [7, 11) is 5.19. The topological polar surface area (TPSA) is 96.0 Å². The molecular weight excluding hydrogens is 492 g/mol. The molecule has 4 aromatic rings. The Morgan fingerprint density at radius 2 is 1.97 bits per heavy atom. The molecule has 2 aromatic heterocycles. The Morgan fingerprint density at radius 3 is 2.69 bits per heavy atom. The molecule has 1 amide bonds. The molecule has 3 heterocycles. The van der Waals surface area contributed by atoms with Gasteiger partial charge in [-0.15, -0.1) is 0 Å². The molecule has 2 aromatic carbocycles. The van der Waals surface area contributed by atoms with Crippen LogP contribution in [-0.4, -0.2) is 66.3 Å². The molecule has 1 aliphatic rings. The van der Waals surface area contributed by atoms with Crippen molar-refractivity contribution < 1.29 is 14.3 Å². The number of benzene rings is 2. The van der Waals surface area contributed by atoms with Crippen molar-refractivity contribution in [2.75, 3.05) is 45.8 Å². The monoisotopic (exact) mass is 524 g/mol. The molecule has 1 aliphatic heterocycles. The van der Waals surface area contributed by atoms with Gasteiger partial charge in [-0.05, 0) is 57.1 Å². The number of ether oxygens (including phenoxy) is 2. The van der Waals surface area contributed by atoms with Gasteiger partial charge in [0.15, 0.2) is 0 Å². The van der Waals surface area contributed by atoms with Crippen LogP contribution in [-0.2, 0) is 4.74 Å². The second kappa shape index (κ2) is 11.1. The first-order chi connectivity index (χ1) is 18.9. The molecule has 39 heavy (non-hydrogen) atoms. The number of anilines is 1. The third-order valence-corrected chi connectivity index (χ3v) is 7.27. The lowest BCUT2D eigenvalue weighted by Crippen LogP contribution is -2.34. The quantitative estimate of drug-likeness (QED) is 0.343. The lowest BCUT2D eigenvalue weighted by molar-refractivity contribution is 0.148. The van der Waals surface area contributed by atoms with Crippen molar-refractivity contribution in [1.29, 1.82) is 5.26 Å². The molecule has 1 saturated heterocycles. The summed E-state index contributed by atoms with van der Waals surface area (Å²) in [5.41, 5.74) is 6.02. The maximum atomic E-state index is 12.3. The highest BCUT2D eigenvalue weighted by Crippen LogP contribution is 2.37. The zero-order chi connectivity index (χ0) is 27.5. The first-order valence-corrected chi connectivity index (χ1v) is 13.0. The fourth-order valence-electron chi connectivity index (χ4n) is 5.20. The fourth-order valence-corrected chi connectivity index (χ4v) is 5.20. The zero-order valence-electron chi connectivity index (χ0n) is 22.7. The molecule has 9 heteroatoms. The molecule has 9 nitrogen and oxygen atoms in total. The second-order valence-electron chi connectivity index (χ2n) is 10.0. The largest absolute Gasteiger partial charge is 0.475 e. The van der Waals surface area contributed by atoms with E-state index in [2.05, 4.69) is 23.0 Å². The van der Waals surface area contributed by atoms with Gasteiger partial charge in [-0.1, -0.05) is 24.3 Å². The number of aromatic nitrogens is 3. The highest BCUT2D eigenvalue weighted by Gasteiger charge is 2.23. The van der Waals surface area contributed by atoms with Crippen LogP contribution in [0, 0.1) is 24.2 Å². The number of hydrogen-bond acceptors (Lipinski definition) is 7. The first-order valence-electron chi connectivity index (χ1n) is 13.0. The minimum atomic E-state index is -0.453. The van der Waals surface area contributed by atoms with Crippen LogP contribution in [0.5, 0.6) is 5.88 Å². The summed E-state index contributed by atoms with van der Waals surface area (Å²) in [5.74, 6) is 0.891. The van der Waals surface area contributed by atoms with Gasteiger partial charge in [0.1, 0.15) is 0 Å². The van der Waals surface area contributed by atoms with Gasteiger partial charge in [0.2, 0.25) is 5.65 Å². The molecule has 5 rings (SSSR count). The second-order valence-corrected chi connectivity index (χ2v) is 10.0. The van der Waals surface area contributed by atoms with Gasteiger partial charge in [0.25, 0.3) is 5.88 Å². The van der Waals surface area contributed by atoms with Gasteiger partial charge >= 0.3 is 6.09 Å². The van der Waals surface area contributed by atoms with Crippen LogP contribution < -0.4 is 9.64 Å². The van der Waals surface area contributed by atoms with Crippen LogP contribution in [0.25, 0.3) is 28.2 Å². The highest BCUT2D eigenvalue weighted by atomic mass is 16.5. The van der Waals surface area contributed by atoms with E-state index in [1.54, 1.807) is 25.4 Å². The van der Waals surface area contributed by atoms with E-state index in [0.717, 1.165) is 54.0 Å². The van der Waals surface area contributed by atoms with Crippen molar-refractivity contribution in [3.8, 4) is 34.5 Å². The molecule has 0 bridgehead atoms.